The lowest BCUT2D eigenvalue weighted by Gasteiger charge is -2.13. The summed E-state index contributed by atoms with van der Waals surface area (Å²) in [6.07, 6.45) is 2.32. The van der Waals surface area contributed by atoms with Crippen LogP contribution in [0.3, 0.4) is 0 Å². The lowest BCUT2D eigenvalue weighted by atomic mass is 10.1. The maximum absolute atomic E-state index is 12.3. The highest BCUT2D eigenvalue weighted by molar-refractivity contribution is 6.06. The largest absolute Gasteiger partial charge is 0.496 e. The Hall–Kier alpha value is -3.75. The van der Waals surface area contributed by atoms with Gasteiger partial charge in [-0.1, -0.05) is 31.2 Å². The van der Waals surface area contributed by atoms with Gasteiger partial charge in [-0.05, 0) is 53.5 Å². The summed E-state index contributed by atoms with van der Waals surface area (Å²) >= 11 is 0. The Kier molecular flexibility index (Phi) is 6.16. The quantitative estimate of drug-likeness (QED) is 0.338. The SMILES string of the molecule is CCC(=N/N=C1\CCc2cccc(OC)c21)OCc1c(C)cccc1-n1nnn(C)c1=O. The van der Waals surface area contributed by atoms with Gasteiger partial charge in [0, 0.05) is 24.6 Å². The van der Waals surface area contributed by atoms with Crippen LogP contribution in [0.1, 0.15) is 42.0 Å². The van der Waals surface area contributed by atoms with E-state index in [1.165, 1.54) is 14.9 Å². The third-order valence-corrected chi connectivity index (χ3v) is 5.56. The molecule has 1 aliphatic carbocycles. The van der Waals surface area contributed by atoms with E-state index in [9.17, 15) is 4.79 Å². The van der Waals surface area contributed by atoms with Gasteiger partial charge >= 0.3 is 5.69 Å². The Morgan fingerprint density at radius 2 is 1.97 bits per heavy atom. The molecule has 166 valence electrons. The second kappa shape index (κ2) is 9.17. The summed E-state index contributed by atoms with van der Waals surface area (Å²) in [6.45, 7) is 4.17. The molecule has 0 bridgehead atoms. The predicted octanol–water partition coefficient (Wildman–Crippen LogP) is 2.96. The molecule has 2 aromatic carbocycles. The molecular formula is C23H26N6O3. The number of ether oxygens (including phenoxy) is 2. The molecule has 9 heteroatoms. The zero-order valence-electron chi connectivity index (χ0n) is 18.7. The van der Waals surface area contributed by atoms with Crippen molar-refractivity contribution in [3.63, 3.8) is 0 Å². The van der Waals surface area contributed by atoms with Crippen molar-refractivity contribution >= 4 is 11.6 Å². The van der Waals surface area contributed by atoms with Gasteiger partial charge < -0.3 is 9.47 Å². The number of aromatic nitrogens is 4. The molecule has 0 unspecified atom stereocenters. The molecule has 32 heavy (non-hydrogen) atoms. The van der Waals surface area contributed by atoms with Gasteiger partial charge in [-0.25, -0.2) is 4.79 Å². The number of benzene rings is 2. The lowest BCUT2D eigenvalue weighted by Crippen LogP contribution is -2.23. The molecule has 0 aliphatic heterocycles. The fourth-order valence-corrected chi connectivity index (χ4v) is 3.77. The van der Waals surface area contributed by atoms with E-state index in [2.05, 4.69) is 26.7 Å². The summed E-state index contributed by atoms with van der Waals surface area (Å²) in [4.78, 5) is 12.3. The van der Waals surface area contributed by atoms with E-state index in [-0.39, 0.29) is 12.3 Å². The highest BCUT2D eigenvalue weighted by atomic mass is 16.5. The first-order chi connectivity index (χ1) is 15.5. The number of nitrogens with zero attached hydrogens (tertiary/aromatic N) is 6. The minimum absolute atomic E-state index is 0.239. The third-order valence-electron chi connectivity index (χ3n) is 5.56. The average molecular weight is 435 g/mol. The van der Waals surface area contributed by atoms with Crippen molar-refractivity contribution in [2.45, 2.75) is 39.7 Å². The van der Waals surface area contributed by atoms with Gasteiger partial charge in [0.25, 0.3) is 0 Å². The number of methoxy groups -OCH3 is 1. The van der Waals surface area contributed by atoms with E-state index in [1.54, 1.807) is 14.2 Å². The Morgan fingerprint density at radius 3 is 2.69 bits per heavy atom. The van der Waals surface area contributed by atoms with Crippen LogP contribution in [-0.4, -0.2) is 38.5 Å². The van der Waals surface area contributed by atoms with Gasteiger partial charge in [-0.15, -0.1) is 5.10 Å². The molecule has 9 nitrogen and oxygen atoms in total. The van der Waals surface area contributed by atoms with Crippen molar-refractivity contribution in [2.75, 3.05) is 7.11 Å². The number of tetrazole rings is 1. The number of hydrogen-bond acceptors (Lipinski definition) is 7. The fourth-order valence-electron chi connectivity index (χ4n) is 3.77. The standard InChI is InChI=1S/C23H26N6O3/c1-5-21(25-24-18-13-12-16-9-7-11-20(31-4)22(16)18)32-14-17-15(2)8-6-10-19(17)29-23(30)28(3)26-27-29/h6-11H,5,12-14H2,1-4H3/b24-18+,25-21?. The summed E-state index contributed by atoms with van der Waals surface area (Å²) in [5.74, 6) is 1.33. The molecule has 0 saturated heterocycles. The zero-order chi connectivity index (χ0) is 22.7. The van der Waals surface area contributed by atoms with Crippen LogP contribution in [0.15, 0.2) is 51.4 Å². The summed E-state index contributed by atoms with van der Waals surface area (Å²) < 4.78 is 14.0. The highest BCUT2D eigenvalue weighted by Crippen LogP contribution is 2.31. The number of aryl methyl sites for hydroxylation is 3. The molecule has 4 rings (SSSR count). The maximum Gasteiger partial charge on any atom is 0.368 e. The summed E-state index contributed by atoms with van der Waals surface area (Å²) in [5, 5.41) is 16.7. The number of fused-ring (bicyclic) bond motifs is 1. The van der Waals surface area contributed by atoms with Gasteiger partial charge in [0.15, 0.2) is 0 Å². The minimum atomic E-state index is -0.318. The first kappa shape index (κ1) is 21.5. The zero-order valence-corrected chi connectivity index (χ0v) is 18.7. The Morgan fingerprint density at radius 1 is 1.16 bits per heavy atom. The van der Waals surface area contributed by atoms with Crippen LogP contribution < -0.4 is 10.4 Å². The molecule has 3 aromatic rings. The molecule has 0 saturated carbocycles. The van der Waals surface area contributed by atoms with Crippen LogP contribution in [0.4, 0.5) is 0 Å². The minimum Gasteiger partial charge on any atom is -0.496 e. The van der Waals surface area contributed by atoms with Gasteiger partial charge in [-0.2, -0.15) is 14.5 Å². The van der Waals surface area contributed by atoms with Crippen LogP contribution in [-0.2, 0) is 24.8 Å². The van der Waals surface area contributed by atoms with Gasteiger partial charge in [-0.3, -0.25) is 0 Å². The van der Waals surface area contributed by atoms with E-state index in [4.69, 9.17) is 9.47 Å². The van der Waals surface area contributed by atoms with Crippen molar-refractivity contribution < 1.29 is 9.47 Å². The summed E-state index contributed by atoms with van der Waals surface area (Å²) in [7, 11) is 3.23. The Bertz CT molecular complexity index is 1250. The topological polar surface area (TPSA) is 95.9 Å². The normalized spacial score (nSPS) is 14.6. The smallest absolute Gasteiger partial charge is 0.368 e. The molecule has 1 heterocycles. The first-order valence-electron chi connectivity index (χ1n) is 10.5. The highest BCUT2D eigenvalue weighted by Gasteiger charge is 2.22. The van der Waals surface area contributed by atoms with Crippen LogP contribution in [0.2, 0.25) is 0 Å². The van der Waals surface area contributed by atoms with Crippen LogP contribution >= 0.6 is 0 Å². The first-order valence-corrected chi connectivity index (χ1v) is 10.5. The molecule has 0 amide bonds. The third kappa shape index (κ3) is 4.05. The van der Waals surface area contributed by atoms with E-state index in [0.717, 1.165) is 41.0 Å². The van der Waals surface area contributed by atoms with Gasteiger partial charge in [0.2, 0.25) is 5.90 Å². The van der Waals surface area contributed by atoms with Crippen molar-refractivity contribution in [3.05, 3.63) is 69.1 Å². The van der Waals surface area contributed by atoms with E-state index >= 15 is 0 Å². The number of hydrogen-bond donors (Lipinski definition) is 0. The molecule has 0 N–H and O–H groups in total. The molecule has 0 fully saturated rings. The Balaban J connectivity index is 1.59. The van der Waals surface area contributed by atoms with Crippen LogP contribution in [0, 0.1) is 6.92 Å². The molecular weight excluding hydrogens is 408 g/mol. The van der Waals surface area contributed by atoms with Gasteiger partial charge in [0.1, 0.15) is 12.4 Å². The van der Waals surface area contributed by atoms with Crippen LogP contribution in [0.25, 0.3) is 5.69 Å². The van der Waals surface area contributed by atoms with E-state index in [1.807, 2.05) is 44.2 Å². The monoisotopic (exact) mass is 434 g/mol. The number of rotatable bonds is 6. The fraction of sp³-hybridized carbons (Fsp3) is 0.348. The van der Waals surface area contributed by atoms with Crippen molar-refractivity contribution in [3.8, 4) is 11.4 Å². The van der Waals surface area contributed by atoms with E-state index < -0.39 is 0 Å². The van der Waals surface area contributed by atoms with Crippen molar-refractivity contribution in [2.24, 2.45) is 17.3 Å². The molecule has 0 radical (unpaired) electrons. The predicted molar refractivity (Wildman–Crippen MR) is 122 cm³/mol. The van der Waals surface area contributed by atoms with Crippen molar-refractivity contribution in [1.29, 1.82) is 0 Å². The second-order valence-electron chi connectivity index (χ2n) is 7.55. The summed E-state index contributed by atoms with van der Waals surface area (Å²) in [6, 6.07) is 11.7. The van der Waals surface area contributed by atoms with Gasteiger partial charge in [0.05, 0.1) is 18.5 Å². The van der Waals surface area contributed by atoms with E-state index in [0.29, 0.717) is 18.0 Å². The molecule has 0 spiro atoms. The Labute approximate surface area is 186 Å². The molecule has 1 aliphatic rings. The van der Waals surface area contributed by atoms with Crippen LogP contribution in [0.5, 0.6) is 5.75 Å². The molecule has 1 aromatic heterocycles. The second-order valence-corrected chi connectivity index (χ2v) is 7.55. The van der Waals surface area contributed by atoms with Crippen molar-refractivity contribution in [1.82, 2.24) is 19.8 Å². The lowest BCUT2D eigenvalue weighted by molar-refractivity contribution is 0.282. The maximum atomic E-state index is 12.3. The summed E-state index contributed by atoms with van der Waals surface area (Å²) in [5.41, 5.74) is 5.29. The molecule has 0 atom stereocenters. The average Bonchev–Trinajstić information content (AvgIpc) is 3.37.